The van der Waals surface area contributed by atoms with Gasteiger partial charge >= 0.3 is 0 Å². The van der Waals surface area contributed by atoms with E-state index in [1.165, 1.54) is 24.5 Å². The van der Waals surface area contributed by atoms with E-state index in [-0.39, 0.29) is 15.6 Å². The summed E-state index contributed by atoms with van der Waals surface area (Å²) in [6.45, 7) is 1.67. The number of rotatable bonds is 6. The Morgan fingerprint density at radius 1 is 1.11 bits per heavy atom. The Balaban J connectivity index is 1.80. The molecule has 0 spiro atoms. The highest BCUT2D eigenvalue weighted by molar-refractivity contribution is 7.92. The number of carbonyl (C=O) groups is 1. The number of furan rings is 1. The van der Waals surface area contributed by atoms with Crippen molar-refractivity contribution in [2.75, 3.05) is 10.0 Å². The second kappa shape index (κ2) is 8.33. The van der Waals surface area contributed by atoms with Crippen molar-refractivity contribution in [2.24, 2.45) is 0 Å². The van der Waals surface area contributed by atoms with E-state index in [9.17, 15) is 13.2 Å². The highest BCUT2D eigenvalue weighted by Crippen LogP contribution is 2.26. The summed E-state index contributed by atoms with van der Waals surface area (Å²) in [6, 6.07) is 14.6. The van der Waals surface area contributed by atoms with Crippen LogP contribution in [-0.2, 0) is 14.8 Å². The number of hydrogen-bond donors (Lipinski definition) is 2. The molecular weight excluding hydrogens is 400 g/mol. The van der Waals surface area contributed by atoms with Crippen LogP contribution in [0.1, 0.15) is 11.3 Å². The van der Waals surface area contributed by atoms with Crippen LogP contribution in [0.15, 0.2) is 76.2 Å². The molecule has 0 aliphatic rings. The standard InChI is InChI=1S/C20H17ClN2O4S/c1-14-8-9-15(22-20(24)11-10-16-5-4-12-27-16)13-19(14)28(25,26)23-18-7-3-2-6-17(18)21/h2-13,23H,1H3,(H,22,24)/b11-10+. The van der Waals surface area contributed by atoms with Crippen LogP contribution in [0.4, 0.5) is 11.4 Å². The number of carbonyl (C=O) groups excluding carboxylic acids is 1. The zero-order valence-corrected chi connectivity index (χ0v) is 16.4. The molecule has 0 aliphatic carbocycles. The average Bonchev–Trinajstić information content (AvgIpc) is 3.17. The van der Waals surface area contributed by atoms with Gasteiger partial charge in [0.25, 0.3) is 10.0 Å². The summed E-state index contributed by atoms with van der Waals surface area (Å²) in [6.07, 6.45) is 4.32. The van der Waals surface area contributed by atoms with E-state index in [1.54, 1.807) is 55.5 Å². The van der Waals surface area contributed by atoms with Crippen LogP contribution in [0.5, 0.6) is 0 Å². The Morgan fingerprint density at radius 3 is 2.61 bits per heavy atom. The Morgan fingerprint density at radius 2 is 1.89 bits per heavy atom. The molecule has 3 aromatic rings. The molecule has 1 heterocycles. The fourth-order valence-electron chi connectivity index (χ4n) is 2.44. The van der Waals surface area contributed by atoms with Gasteiger partial charge in [-0.3, -0.25) is 9.52 Å². The topological polar surface area (TPSA) is 88.4 Å². The maximum Gasteiger partial charge on any atom is 0.262 e. The first-order valence-corrected chi connectivity index (χ1v) is 10.1. The van der Waals surface area contributed by atoms with Gasteiger partial charge in [-0.1, -0.05) is 29.8 Å². The number of benzene rings is 2. The van der Waals surface area contributed by atoms with Gasteiger partial charge in [-0.2, -0.15) is 0 Å². The monoisotopic (exact) mass is 416 g/mol. The summed E-state index contributed by atoms with van der Waals surface area (Å²) >= 11 is 6.04. The first-order valence-electron chi connectivity index (χ1n) is 8.26. The number of halogens is 1. The van der Waals surface area contributed by atoms with Gasteiger partial charge in [0.1, 0.15) is 5.76 Å². The molecule has 2 N–H and O–H groups in total. The van der Waals surface area contributed by atoms with Gasteiger partial charge in [-0.15, -0.1) is 0 Å². The van der Waals surface area contributed by atoms with Gasteiger partial charge in [0.05, 0.1) is 21.9 Å². The van der Waals surface area contributed by atoms with E-state index in [2.05, 4.69) is 10.0 Å². The molecule has 0 bridgehead atoms. The van der Waals surface area contributed by atoms with Gasteiger partial charge in [0, 0.05) is 11.8 Å². The highest BCUT2D eigenvalue weighted by Gasteiger charge is 2.19. The number of amides is 1. The number of anilines is 2. The second-order valence-electron chi connectivity index (χ2n) is 5.90. The minimum atomic E-state index is -3.89. The summed E-state index contributed by atoms with van der Waals surface area (Å²) in [4.78, 5) is 12.1. The molecule has 0 radical (unpaired) electrons. The molecule has 0 aliphatic heterocycles. The number of nitrogens with one attached hydrogen (secondary N) is 2. The second-order valence-corrected chi connectivity index (χ2v) is 7.96. The number of aryl methyl sites for hydroxylation is 1. The molecule has 144 valence electrons. The van der Waals surface area contributed by atoms with E-state index >= 15 is 0 Å². The molecule has 8 heteroatoms. The van der Waals surface area contributed by atoms with Gasteiger partial charge in [-0.25, -0.2) is 8.42 Å². The van der Waals surface area contributed by atoms with Crippen molar-refractivity contribution in [3.05, 3.63) is 83.3 Å². The average molecular weight is 417 g/mol. The van der Waals surface area contributed by atoms with Crippen molar-refractivity contribution >= 4 is 45.0 Å². The molecule has 1 aromatic heterocycles. The third kappa shape index (κ3) is 4.82. The molecule has 2 aromatic carbocycles. The molecule has 3 rings (SSSR count). The molecule has 0 saturated heterocycles. The Labute approximate surface area is 167 Å². The lowest BCUT2D eigenvalue weighted by Crippen LogP contribution is -2.15. The first kappa shape index (κ1) is 19.7. The van der Waals surface area contributed by atoms with Crippen LogP contribution in [0.25, 0.3) is 6.08 Å². The number of hydrogen-bond acceptors (Lipinski definition) is 4. The minimum absolute atomic E-state index is 0.0419. The zero-order chi connectivity index (χ0) is 20.1. The van der Waals surface area contributed by atoms with E-state index in [0.717, 1.165) is 0 Å². The van der Waals surface area contributed by atoms with Gasteiger partial charge in [0.15, 0.2) is 0 Å². The summed E-state index contributed by atoms with van der Waals surface area (Å²) in [5.74, 6) is 0.119. The third-order valence-electron chi connectivity index (χ3n) is 3.81. The van der Waals surface area contributed by atoms with Crippen LogP contribution in [0.3, 0.4) is 0 Å². The first-order chi connectivity index (χ1) is 13.3. The van der Waals surface area contributed by atoms with E-state index in [1.807, 2.05) is 0 Å². The molecule has 0 unspecified atom stereocenters. The normalized spacial score (nSPS) is 11.5. The fourth-order valence-corrected chi connectivity index (χ4v) is 4.03. The van der Waals surface area contributed by atoms with E-state index in [0.29, 0.717) is 17.0 Å². The third-order valence-corrected chi connectivity index (χ3v) is 5.64. The lowest BCUT2D eigenvalue weighted by Gasteiger charge is -2.13. The fraction of sp³-hybridized carbons (Fsp3) is 0.0500. The predicted molar refractivity (Wildman–Crippen MR) is 110 cm³/mol. The summed E-state index contributed by atoms with van der Waals surface area (Å²) in [5.41, 5.74) is 1.15. The molecule has 0 saturated carbocycles. The SMILES string of the molecule is Cc1ccc(NC(=O)/C=C/c2ccco2)cc1S(=O)(=O)Nc1ccccc1Cl. The Bertz CT molecular complexity index is 1120. The predicted octanol–water partition coefficient (Wildman–Crippen LogP) is 4.69. The van der Waals surface area contributed by atoms with Gasteiger partial charge < -0.3 is 9.73 Å². The van der Waals surface area contributed by atoms with Gasteiger partial charge in [-0.05, 0) is 55.0 Å². The Hall–Kier alpha value is -3.03. The summed E-state index contributed by atoms with van der Waals surface area (Å²) < 4.78 is 33.2. The largest absolute Gasteiger partial charge is 0.465 e. The maximum atomic E-state index is 12.8. The van der Waals surface area contributed by atoms with Crippen molar-refractivity contribution in [1.29, 1.82) is 0 Å². The lowest BCUT2D eigenvalue weighted by molar-refractivity contribution is -0.111. The molecule has 0 atom stereocenters. The molecule has 6 nitrogen and oxygen atoms in total. The molecular formula is C20H17ClN2O4S. The number of para-hydroxylation sites is 1. The van der Waals surface area contributed by atoms with Crippen molar-refractivity contribution in [2.45, 2.75) is 11.8 Å². The van der Waals surface area contributed by atoms with Crippen LogP contribution in [0, 0.1) is 6.92 Å². The van der Waals surface area contributed by atoms with Crippen LogP contribution in [0.2, 0.25) is 5.02 Å². The zero-order valence-electron chi connectivity index (χ0n) is 14.8. The van der Waals surface area contributed by atoms with Crippen LogP contribution in [-0.4, -0.2) is 14.3 Å². The Kier molecular flexibility index (Phi) is 5.87. The van der Waals surface area contributed by atoms with Crippen molar-refractivity contribution in [3.63, 3.8) is 0 Å². The maximum absolute atomic E-state index is 12.8. The molecule has 28 heavy (non-hydrogen) atoms. The highest BCUT2D eigenvalue weighted by atomic mass is 35.5. The quantitative estimate of drug-likeness (QED) is 0.570. The van der Waals surface area contributed by atoms with Crippen molar-refractivity contribution in [1.82, 2.24) is 0 Å². The summed E-state index contributed by atoms with van der Waals surface area (Å²) in [5, 5.41) is 2.92. The summed E-state index contributed by atoms with van der Waals surface area (Å²) in [7, 11) is -3.89. The minimum Gasteiger partial charge on any atom is -0.465 e. The number of sulfonamides is 1. The van der Waals surface area contributed by atoms with E-state index in [4.69, 9.17) is 16.0 Å². The molecule has 1 amide bonds. The van der Waals surface area contributed by atoms with Crippen molar-refractivity contribution in [3.8, 4) is 0 Å². The lowest BCUT2D eigenvalue weighted by atomic mass is 10.2. The smallest absolute Gasteiger partial charge is 0.262 e. The van der Waals surface area contributed by atoms with E-state index < -0.39 is 15.9 Å². The van der Waals surface area contributed by atoms with Crippen LogP contribution < -0.4 is 10.0 Å². The van der Waals surface area contributed by atoms with Gasteiger partial charge in [0.2, 0.25) is 5.91 Å². The molecule has 0 fully saturated rings. The van der Waals surface area contributed by atoms with Crippen molar-refractivity contribution < 1.29 is 17.6 Å². The van der Waals surface area contributed by atoms with Crippen LogP contribution >= 0.6 is 11.6 Å².